The van der Waals surface area contributed by atoms with E-state index in [1.54, 1.807) is 10.7 Å². The molecule has 0 spiro atoms. The zero-order chi connectivity index (χ0) is 29.2. The average molecular weight is 577 g/mol. The predicted molar refractivity (Wildman–Crippen MR) is 147 cm³/mol. The first-order valence-electron chi connectivity index (χ1n) is 13.9. The van der Waals surface area contributed by atoms with Crippen LogP contribution in [0.2, 0.25) is 0 Å². The van der Waals surface area contributed by atoms with Crippen LogP contribution in [0.3, 0.4) is 0 Å². The summed E-state index contributed by atoms with van der Waals surface area (Å²) in [6, 6.07) is 11.3. The number of nitrogens with zero attached hydrogens (tertiary/aromatic N) is 6. The number of carbonyl (C=O) groups excluding carboxylic acids is 1. The van der Waals surface area contributed by atoms with Crippen molar-refractivity contribution in [3.8, 4) is 11.9 Å². The number of ether oxygens (including phenoxy) is 3. The normalized spacial score (nSPS) is 17.6. The van der Waals surface area contributed by atoms with Gasteiger partial charge in [0.2, 0.25) is 5.82 Å². The highest BCUT2D eigenvalue weighted by Gasteiger charge is 2.27. The minimum absolute atomic E-state index is 0.00967. The molecule has 2 aromatic heterocycles. The van der Waals surface area contributed by atoms with Crippen LogP contribution >= 0.6 is 0 Å². The molecule has 4 aromatic rings. The number of imidazole rings is 1. The van der Waals surface area contributed by atoms with Gasteiger partial charge in [0, 0.05) is 25.3 Å². The summed E-state index contributed by atoms with van der Waals surface area (Å²) >= 11 is 0. The van der Waals surface area contributed by atoms with Crippen LogP contribution in [0.15, 0.2) is 42.6 Å². The van der Waals surface area contributed by atoms with Crippen molar-refractivity contribution < 1.29 is 27.8 Å². The Labute approximate surface area is 241 Å². The van der Waals surface area contributed by atoms with Gasteiger partial charge in [-0.1, -0.05) is 6.07 Å². The summed E-state index contributed by atoms with van der Waals surface area (Å²) in [5.74, 6) is -0.863. The maximum atomic E-state index is 14.6. The van der Waals surface area contributed by atoms with E-state index in [4.69, 9.17) is 24.5 Å². The van der Waals surface area contributed by atoms with Crippen LogP contribution in [0, 0.1) is 23.0 Å². The smallest absolute Gasteiger partial charge is 0.337 e. The Bertz CT molecular complexity index is 1650. The highest BCUT2D eigenvalue weighted by molar-refractivity contribution is 5.93. The van der Waals surface area contributed by atoms with Gasteiger partial charge < -0.3 is 18.8 Å². The summed E-state index contributed by atoms with van der Waals surface area (Å²) in [5, 5.41) is 13.2. The second-order valence-corrected chi connectivity index (χ2v) is 10.6. The molecule has 4 heterocycles. The summed E-state index contributed by atoms with van der Waals surface area (Å²) in [5.41, 5.74) is 2.58. The molecule has 12 heteroatoms. The Hall–Kier alpha value is -4.34. The van der Waals surface area contributed by atoms with Crippen molar-refractivity contribution in [1.82, 2.24) is 24.2 Å². The summed E-state index contributed by atoms with van der Waals surface area (Å²) in [7, 11) is 1.37. The van der Waals surface area contributed by atoms with Crippen LogP contribution < -0.4 is 4.74 Å². The third-order valence-electron chi connectivity index (χ3n) is 7.93. The van der Waals surface area contributed by atoms with Gasteiger partial charge in [-0.15, -0.1) is 5.10 Å². The lowest BCUT2D eigenvalue weighted by Gasteiger charge is -2.32. The molecule has 2 aliphatic rings. The highest BCUT2D eigenvalue weighted by atomic mass is 19.1. The standard InChI is InChI=1S/C30H30F2N6O4/c1-40-30(39)20-4-5-26-27(13-20)37(15-23-8-11-41-23)28(34-26)17-36-9-6-22(7-10-36)38-16-25(32)29(35-38)42-18-21-3-2-19(14-33)12-24(21)31/h2-5,12-13,16,22-23H,6-11,15,17-18H2,1H3. The number of carbonyl (C=O) groups is 1. The third kappa shape index (κ3) is 5.70. The number of likely N-dealkylation sites (tertiary alicyclic amines) is 1. The number of nitriles is 1. The maximum Gasteiger partial charge on any atom is 0.337 e. The van der Waals surface area contributed by atoms with E-state index in [0.717, 1.165) is 61.9 Å². The molecular weight excluding hydrogens is 546 g/mol. The van der Waals surface area contributed by atoms with E-state index >= 15 is 0 Å². The minimum atomic E-state index is -0.607. The van der Waals surface area contributed by atoms with E-state index in [-0.39, 0.29) is 35.8 Å². The molecular formula is C30H30F2N6O4. The fraction of sp³-hybridized carbons (Fsp3) is 0.400. The van der Waals surface area contributed by atoms with Gasteiger partial charge >= 0.3 is 5.97 Å². The van der Waals surface area contributed by atoms with Crippen molar-refractivity contribution in [2.45, 2.75) is 51.1 Å². The average Bonchev–Trinajstić information content (AvgIpc) is 3.52. The van der Waals surface area contributed by atoms with E-state index in [9.17, 15) is 13.6 Å². The van der Waals surface area contributed by atoms with Crippen LogP contribution in [0.5, 0.6) is 5.88 Å². The quantitative estimate of drug-likeness (QED) is 0.271. The summed E-state index contributed by atoms with van der Waals surface area (Å²) in [4.78, 5) is 19.3. The molecule has 0 amide bonds. The number of esters is 1. The van der Waals surface area contributed by atoms with Gasteiger partial charge in [0.15, 0.2) is 0 Å². The van der Waals surface area contributed by atoms with Crippen molar-refractivity contribution in [2.24, 2.45) is 0 Å². The van der Waals surface area contributed by atoms with Crippen LogP contribution in [0.1, 0.15) is 52.6 Å². The molecule has 2 aromatic carbocycles. The molecule has 0 aliphatic carbocycles. The molecule has 1 atom stereocenters. The van der Waals surface area contributed by atoms with Crippen LogP contribution in [-0.4, -0.2) is 63.1 Å². The van der Waals surface area contributed by atoms with E-state index in [2.05, 4.69) is 14.6 Å². The molecule has 6 rings (SSSR count). The molecule has 0 radical (unpaired) electrons. The zero-order valence-corrected chi connectivity index (χ0v) is 23.1. The number of aromatic nitrogens is 4. The number of methoxy groups -OCH3 is 1. The van der Waals surface area contributed by atoms with E-state index < -0.39 is 17.6 Å². The molecule has 0 saturated carbocycles. The van der Waals surface area contributed by atoms with Gasteiger partial charge in [0.05, 0.1) is 66.8 Å². The lowest BCUT2D eigenvalue weighted by atomic mass is 10.1. The fourth-order valence-corrected chi connectivity index (χ4v) is 5.43. The number of benzene rings is 2. The van der Waals surface area contributed by atoms with E-state index in [0.29, 0.717) is 18.7 Å². The molecule has 10 nitrogen and oxygen atoms in total. The van der Waals surface area contributed by atoms with Crippen LogP contribution in [0.4, 0.5) is 8.78 Å². The Morgan fingerprint density at radius 1 is 1.14 bits per heavy atom. The molecule has 0 bridgehead atoms. The number of hydrogen-bond acceptors (Lipinski definition) is 8. The van der Waals surface area contributed by atoms with Crippen molar-refractivity contribution >= 4 is 17.0 Å². The highest BCUT2D eigenvalue weighted by Crippen LogP contribution is 2.28. The Kier molecular flexibility index (Phi) is 7.86. The largest absolute Gasteiger partial charge is 0.470 e. The van der Waals surface area contributed by atoms with Gasteiger partial charge in [0.1, 0.15) is 18.2 Å². The summed E-state index contributed by atoms with van der Waals surface area (Å²) in [6.45, 7) is 3.36. The molecule has 1 unspecified atom stereocenters. The number of piperidine rings is 1. The topological polar surface area (TPSA) is 107 Å². The van der Waals surface area contributed by atoms with Crippen LogP contribution in [0.25, 0.3) is 11.0 Å². The van der Waals surface area contributed by atoms with Crippen molar-refractivity contribution in [2.75, 3.05) is 26.8 Å². The first kappa shape index (κ1) is 27.8. The third-order valence-corrected chi connectivity index (χ3v) is 7.93. The number of rotatable bonds is 9. The molecule has 42 heavy (non-hydrogen) atoms. The molecule has 218 valence electrons. The lowest BCUT2D eigenvalue weighted by Crippen LogP contribution is -2.36. The number of halogens is 2. The molecule has 2 fully saturated rings. The zero-order valence-electron chi connectivity index (χ0n) is 23.1. The van der Waals surface area contributed by atoms with E-state index in [1.807, 2.05) is 18.2 Å². The summed E-state index contributed by atoms with van der Waals surface area (Å²) < 4.78 is 48.6. The maximum absolute atomic E-state index is 14.6. The molecule has 0 N–H and O–H groups in total. The van der Waals surface area contributed by atoms with Crippen LogP contribution in [-0.2, 0) is 29.2 Å². The van der Waals surface area contributed by atoms with Gasteiger partial charge in [0.25, 0.3) is 5.88 Å². The predicted octanol–water partition coefficient (Wildman–Crippen LogP) is 4.37. The number of fused-ring (bicyclic) bond motifs is 1. The first-order valence-corrected chi connectivity index (χ1v) is 13.9. The number of hydrogen-bond donors (Lipinski definition) is 0. The Morgan fingerprint density at radius 3 is 2.64 bits per heavy atom. The van der Waals surface area contributed by atoms with Gasteiger partial charge in [-0.05, 0) is 49.6 Å². The Morgan fingerprint density at radius 2 is 1.95 bits per heavy atom. The Balaban J connectivity index is 1.11. The second kappa shape index (κ2) is 11.9. The molecule has 2 saturated heterocycles. The lowest BCUT2D eigenvalue weighted by molar-refractivity contribution is -0.0592. The van der Waals surface area contributed by atoms with Crippen molar-refractivity contribution in [3.05, 3.63) is 76.7 Å². The second-order valence-electron chi connectivity index (χ2n) is 10.6. The van der Waals surface area contributed by atoms with Gasteiger partial charge in [-0.25, -0.2) is 14.2 Å². The van der Waals surface area contributed by atoms with Crippen molar-refractivity contribution in [3.63, 3.8) is 0 Å². The summed E-state index contributed by atoms with van der Waals surface area (Å²) in [6.07, 6.45) is 3.93. The first-order chi connectivity index (χ1) is 20.4. The molecule has 2 aliphatic heterocycles. The minimum Gasteiger partial charge on any atom is -0.470 e. The van der Waals surface area contributed by atoms with E-state index in [1.165, 1.54) is 25.4 Å². The monoisotopic (exact) mass is 576 g/mol. The van der Waals surface area contributed by atoms with Gasteiger partial charge in [-0.3, -0.25) is 9.58 Å². The van der Waals surface area contributed by atoms with Gasteiger partial charge in [-0.2, -0.15) is 9.65 Å². The SMILES string of the molecule is COC(=O)c1ccc2nc(CN3CCC(n4cc(F)c(OCc5ccc(C#N)cc5F)n4)CC3)n(CC3CCO3)c2c1. The fourth-order valence-electron chi connectivity index (χ4n) is 5.43. The van der Waals surface area contributed by atoms with Crippen molar-refractivity contribution in [1.29, 1.82) is 5.26 Å².